The molecule has 1 aliphatic rings. The third-order valence-electron chi connectivity index (χ3n) is 3.07. The van der Waals surface area contributed by atoms with E-state index in [1.165, 1.54) is 0 Å². The molecule has 1 heterocycles. The molecule has 0 atom stereocenters. The molecule has 0 fully saturated rings. The second-order valence-electron chi connectivity index (χ2n) is 5.12. The lowest BCUT2D eigenvalue weighted by Gasteiger charge is -2.14. The molecule has 1 aromatic rings. The van der Waals surface area contributed by atoms with E-state index in [4.69, 9.17) is 14.2 Å². The first kappa shape index (κ1) is 14.0. The van der Waals surface area contributed by atoms with Crippen LogP contribution in [0.5, 0.6) is 17.2 Å². The summed E-state index contributed by atoms with van der Waals surface area (Å²) in [7, 11) is 0. The van der Waals surface area contributed by atoms with Crippen molar-refractivity contribution in [2.45, 2.75) is 33.7 Å². The van der Waals surface area contributed by atoms with Crippen LogP contribution in [-0.4, -0.2) is 19.9 Å². The van der Waals surface area contributed by atoms with Crippen LogP contribution in [-0.2, 0) is 6.54 Å². The van der Waals surface area contributed by atoms with E-state index in [0.717, 1.165) is 48.9 Å². The first-order chi connectivity index (χ1) is 9.20. The quantitative estimate of drug-likeness (QED) is 0.823. The van der Waals surface area contributed by atoms with Gasteiger partial charge in [0.2, 0.25) is 6.79 Å². The molecule has 4 heteroatoms. The molecule has 0 aromatic heterocycles. The Balaban J connectivity index is 2.09. The average molecular weight is 265 g/mol. The van der Waals surface area contributed by atoms with Gasteiger partial charge in [-0.05, 0) is 24.9 Å². The lowest BCUT2D eigenvalue weighted by atomic mass is 10.1. The molecule has 1 aromatic carbocycles. The van der Waals surface area contributed by atoms with Crippen molar-refractivity contribution in [3.63, 3.8) is 0 Å². The average Bonchev–Trinajstić information content (AvgIpc) is 2.82. The lowest BCUT2D eigenvalue weighted by Crippen LogP contribution is -2.13. The fourth-order valence-electron chi connectivity index (χ4n) is 1.90. The first-order valence-corrected chi connectivity index (χ1v) is 6.96. The van der Waals surface area contributed by atoms with Gasteiger partial charge < -0.3 is 19.5 Å². The summed E-state index contributed by atoms with van der Waals surface area (Å²) in [6.45, 7) is 9.23. The Bertz CT molecular complexity index is 418. The number of benzene rings is 1. The number of hydrogen-bond donors (Lipinski definition) is 1. The monoisotopic (exact) mass is 265 g/mol. The van der Waals surface area contributed by atoms with Gasteiger partial charge in [0.1, 0.15) is 5.75 Å². The van der Waals surface area contributed by atoms with Gasteiger partial charge in [0, 0.05) is 18.2 Å². The van der Waals surface area contributed by atoms with Gasteiger partial charge in [-0.3, -0.25) is 0 Å². The van der Waals surface area contributed by atoms with Crippen LogP contribution in [0.3, 0.4) is 0 Å². The molecule has 1 N–H and O–H groups in total. The van der Waals surface area contributed by atoms with Crippen molar-refractivity contribution in [3.05, 3.63) is 17.7 Å². The van der Waals surface area contributed by atoms with E-state index in [1.54, 1.807) is 0 Å². The predicted octanol–water partition coefficient (Wildman–Crippen LogP) is 2.95. The molecule has 0 spiro atoms. The highest BCUT2D eigenvalue weighted by Crippen LogP contribution is 2.38. The fraction of sp³-hybridized carbons (Fsp3) is 0.600. The normalized spacial score (nSPS) is 13.1. The van der Waals surface area contributed by atoms with Crippen molar-refractivity contribution >= 4 is 0 Å². The summed E-state index contributed by atoms with van der Waals surface area (Å²) < 4.78 is 16.7. The minimum atomic E-state index is 0.297. The molecule has 4 nitrogen and oxygen atoms in total. The number of nitrogens with one attached hydrogen (secondary N) is 1. The summed E-state index contributed by atoms with van der Waals surface area (Å²) in [5.74, 6) is 3.13. The van der Waals surface area contributed by atoms with Gasteiger partial charge in [-0.25, -0.2) is 0 Å². The smallest absolute Gasteiger partial charge is 0.231 e. The zero-order valence-electron chi connectivity index (χ0n) is 12.0. The third kappa shape index (κ3) is 3.77. The van der Waals surface area contributed by atoms with Crippen LogP contribution in [0.4, 0.5) is 0 Å². The SMILES string of the molecule is CCNCc1cc2c(cc1OCCC(C)C)OCO2. The number of rotatable bonds is 7. The van der Waals surface area contributed by atoms with Crippen LogP contribution in [0, 0.1) is 5.92 Å². The molecule has 0 aliphatic carbocycles. The fourth-order valence-corrected chi connectivity index (χ4v) is 1.90. The number of ether oxygens (including phenoxy) is 3. The Labute approximate surface area is 115 Å². The van der Waals surface area contributed by atoms with Gasteiger partial charge in [-0.1, -0.05) is 20.8 Å². The molecule has 0 bridgehead atoms. The maximum atomic E-state index is 5.89. The van der Waals surface area contributed by atoms with Crippen LogP contribution in [0.1, 0.15) is 32.8 Å². The minimum absolute atomic E-state index is 0.297. The molecule has 19 heavy (non-hydrogen) atoms. The first-order valence-electron chi connectivity index (χ1n) is 6.96. The highest BCUT2D eigenvalue weighted by atomic mass is 16.7. The molecule has 0 amide bonds. The van der Waals surface area contributed by atoms with E-state index in [9.17, 15) is 0 Å². The van der Waals surface area contributed by atoms with Crippen LogP contribution < -0.4 is 19.5 Å². The topological polar surface area (TPSA) is 39.7 Å². The molecule has 0 radical (unpaired) electrons. The maximum absolute atomic E-state index is 5.89. The van der Waals surface area contributed by atoms with Crippen LogP contribution in [0.25, 0.3) is 0 Å². The second kappa shape index (κ2) is 6.66. The zero-order chi connectivity index (χ0) is 13.7. The maximum Gasteiger partial charge on any atom is 0.231 e. The summed E-state index contributed by atoms with van der Waals surface area (Å²) in [6.07, 6.45) is 1.05. The Morgan fingerprint density at radius 2 is 2.00 bits per heavy atom. The lowest BCUT2D eigenvalue weighted by molar-refractivity contribution is 0.173. The minimum Gasteiger partial charge on any atom is -0.493 e. The van der Waals surface area contributed by atoms with E-state index >= 15 is 0 Å². The Hall–Kier alpha value is -1.42. The van der Waals surface area contributed by atoms with E-state index in [2.05, 4.69) is 26.1 Å². The van der Waals surface area contributed by atoms with E-state index < -0.39 is 0 Å². The van der Waals surface area contributed by atoms with Gasteiger partial charge in [-0.15, -0.1) is 0 Å². The van der Waals surface area contributed by atoms with Crippen molar-refractivity contribution in [2.24, 2.45) is 5.92 Å². The molecule has 2 rings (SSSR count). The molecule has 106 valence electrons. The van der Waals surface area contributed by atoms with Gasteiger partial charge in [-0.2, -0.15) is 0 Å². The summed E-state index contributed by atoms with van der Waals surface area (Å²) in [5.41, 5.74) is 1.12. The highest BCUT2D eigenvalue weighted by molar-refractivity contribution is 5.51. The van der Waals surface area contributed by atoms with E-state index in [1.807, 2.05) is 12.1 Å². The summed E-state index contributed by atoms with van der Waals surface area (Å²) >= 11 is 0. The van der Waals surface area contributed by atoms with Gasteiger partial charge >= 0.3 is 0 Å². The molecule has 1 aliphatic heterocycles. The van der Waals surface area contributed by atoms with E-state index in [0.29, 0.717) is 12.7 Å². The second-order valence-corrected chi connectivity index (χ2v) is 5.12. The highest BCUT2D eigenvalue weighted by Gasteiger charge is 2.17. The molecule has 0 saturated heterocycles. The Kier molecular flexibility index (Phi) is 4.91. The van der Waals surface area contributed by atoms with E-state index in [-0.39, 0.29) is 0 Å². The molecule has 0 unspecified atom stereocenters. The van der Waals surface area contributed by atoms with Crippen LogP contribution in [0.15, 0.2) is 12.1 Å². The van der Waals surface area contributed by atoms with Crippen molar-refractivity contribution < 1.29 is 14.2 Å². The van der Waals surface area contributed by atoms with Gasteiger partial charge in [0.05, 0.1) is 6.61 Å². The predicted molar refractivity (Wildman–Crippen MR) is 74.9 cm³/mol. The molecular weight excluding hydrogens is 242 g/mol. The number of hydrogen-bond acceptors (Lipinski definition) is 4. The largest absolute Gasteiger partial charge is 0.493 e. The van der Waals surface area contributed by atoms with Crippen molar-refractivity contribution in [2.75, 3.05) is 19.9 Å². The number of fused-ring (bicyclic) bond motifs is 1. The summed E-state index contributed by atoms with van der Waals surface area (Å²) in [5, 5.41) is 3.32. The van der Waals surface area contributed by atoms with Crippen LogP contribution in [0.2, 0.25) is 0 Å². The Morgan fingerprint density at radius 1 is 1.26 bits per heavy atom. The van der Waals surface area contributed by atoms with Crippen molar-refractivity contribution in [3.8, 4) is 17.2 Å². The summed E-state index contributed by atoms with van der Waals surface area (Å²) in [6, 6.07) is 3.95. The standard InChI is InChI=1S/C15H23NO3/c1-4-16-9-12-7-14-15(19-10-18-14)8-13(12)17-6-5-11(2)3/h7-8,11,16H,4-6,9-10H2,1-3H3. The van der Waals surface area contributed by atoms with Gasteiger partial charge in [0.25, 0.3) is 0 Å². The van der Waals surface area contributed by atoms with Gasteiger partial charge in [0.15, 0.2) is 11.5 Å². The summed E-state index contributed by atoms with van der Waals surface area (Å²) in [4.78, 5) is 0. The third-order valence-corrected chi connectivity index (χ3v) is 3.07. The van der Waals surface area contributed by atoms with Crippen LogP contribution >= 0.6 is 0 Å². The zero-order valence-corrected chi connectivity index (χ0v) is 12.0. The molecular formula is C15H23NO3. The van der Waals surface area contributed by atoms with Crippen molar-refractivity contribution in [1.82, 2.24) is 5.32 Å². The Morgan fingerprint density at radius 3 is 2.68 bits per heavy atom. The van der Waals surface area contributed by atoms with Crippen molar-refractivity contribution in [1.29, 1.82) is 0 Å². The molecule has 0 saturated carbocycles.